The fraction of sp³-hybridized carbons (Fsp3) is 0.882. The molecule has 1 fully saturated rings. The van der Waals surface area contributed by atoms with E-state index in [0.717, 1.165) is 45.6 Å². The normalized spacial score (nSPS) is 19.1. The lowest BCUT2D eigenvalue weighted by molar-refractivity contribution is -0.133. The average molecular weight is 326 g/mol. The third-order valence-electron chi connectivity index (χ3n) is 4.92. The molecule has 0 bridgehead atoms. The van der Waals surface area contributed by atoms with Crippen molar-refractivity contribution in [2.24, 2.45) is 11.7 Å². The van der Waals surface area contributed by atoms with Crippen molar-refractivity contribution < 1.29 is 9.59 Å². The molecule has 6 nitrogen and oxygen atoms in total. The van der Waals surface area contributed by atoms with E-state index < -0.39 is 6.04 Å². The molecule has 23 heavy (non-hydrogen) atoms. The number of rotatable bonds is 7. The van der Waals surface area contributed by atoms with E-state index in [4.69, 9.17) is 5.73 Å². The Hall–Kier alpha value is -1.14. The summed E-state index contributed by atoms with van der Waals surface area (Å²) >= 11 is 0. The molecule has 1 rings (SSSR count). The lowest BCUT2D eigenvalue weighted by Gasteiger charge is -2.27. The molecule has 2 amide bonds. The zero-order valence-corrected chi connectivity index (χ0v) is 15.3. The topological polar surface area (TPSA) is 69.9 Å². The van der Waals surface area contributed by atoms with Gasteiger partial charge in [-0.05, 0) is 26.2 Å². The van der Waals surface area contributed by atoms with Crippen molar-refractivity contribution in [2.75, 3.05) is 45.8 Å². The van der Waals surface area contributed by atoms with Gasteiger partial charge in [0.15, 0.2) is 0 Å². The Labute approximate surface area is 141 Å². The summed E-state index contributed by atoms with van der Waals surface area (Å²) in [7, 11) is 0. The molecule has 0 aliphatic carbocycles. The maximum Gasteiger partial charge on any atom is 0.239 e. The molecule has 2 atom stereocenters. The van der Waals surface area contributed by atoms with Crippen LogP contribution in [0.15, 0.2) is 0 Å². The van der Waals surface area contributed by atoms with Gasteiger partial charge in [0.25, 0.3) is 0 Å². The molecular formula is C17H34N4O2. The smallest absolute Gasteiger partial charge is 0.239 e. The van der Waals surface area contributed by atoms with E-state index in [-0.39, 0.29) is 17.7 Å². The highest BCUT2D eigenvalue weighted by molar-refractivity contribution is 5.82. The van der Waals surface area contributed by atoms with E-state index in [1.54, 1.807) is 0 Å². The van der Waals surface area contributed by atoms with Crippen molar-refractivity contribution in [2.45, 2.75) is 46.6 Å². The molecule has 1 heterocycles. The van der Waals surface area contributed by atoms with E-state index >= 15 is 0 Å². The van der Waals surface area contributed by atoms with Gasteiger partial charge in [-0.2, -0.15) is 0 Å². The third kappa shape index (κ3) is 5.77. The van der Waals surface area contributed by atoms with Crippen LogP contribution in [-0.2, 0) is 9.59 Å². The first-order valence-electron chi connectivity index (χ1n) is 8.98. The number of likely N-dealkylation sites (N-methyl/N-ethyl adjacent to an activating group) is 1. The van der Waals surface area contributed by atoms with Crippen LogP contribution >= 0.6 is 0 Å². The summed E-state index contributed by atoms with van der Waals surface area (Å²) < 4.78 is 0. The number of hydrogen-bond donors (Lipinski definition) is 1. The fourth-order valence-corrected chi connectivity index (χ4v) is 2.93. The van der Waals surface area contributed by atoms with Crippen molar-refractivity contribution in [1.82, 2.24) is 14.7 Å². The van der Waals surface area contributed by atoms with Crippen LogP contribution in [0, 0.1) is 5.92 Å². The molecule has 0 saturated carbocycles. The largest absolute Gasteiger partial charge is 0.342 e. The lowest BCUT2D eigenvalue weighted by atomic mass is 9.99. The summed E-state index contributed by atoms with van der Waals surface area (Å²) in [5, 5.41) is 0. The summed E-state index contributed by atoms with van der Waals surface area (Å²) in [6, 6.07) is -0.413. The minimum Gasteiger partial charge on any atom is -0.342 e. The minimum atomic E-state index is -0.413. The Balaban J connectivity index is 2.53. The number of amides is 2. The highest BCUT2D eigenvalue weighted by atomic mass is 16.2. The Kier molecular flexibility index (Phi) is 8.55. The van der Waals surface area contributed by atoms with Crippen molar-refractivity contribution in [3.8, 4) is 0 Å². The Morgan fingerprint density at radius 2 is 1.74 bits per heavy atom. The first kappa shape index (κ1) is 19.9. The van der Waals surface area contributed by atoms with E-state index in [1.807, 2.05) is 30.6 Å². The van der Waals surface area contributed by atoms with Crippen molar-refractivity contribution >= 4 is 11.8 Å². The van der Waals surface area contributed by atoms with E-state index in [2.05, 4.69) is 11.8 Å². The number of carbonyl (C=O) groups is 2. The van der Waals surface area contributed by atoms with Gasteiger partial charge in [0.05, 0.1) is 12.6 Å². The highest BCUT2D eigenvalue weighted by Crippen LogP contribution is 2.11. The van der Waals surface area contributed by atoms with Gasteiger partial charge in [0.1, 0.15) is 0 Å². The predicted molar refractivity (Wildman–Crippen MR) is 93.0 cm³/mol. The van der Waals surface area contributed by atoms with Crippen LogP contribution in [0.1, 0.15) is 40.5 Å². The molecule has 134 valence electrons. The second-order valence-electron chi connectivity index (χ2n) is 6.43. The number of nitrogens with zero attached hydrogens (tertiary/aromatic N) is 3. The molecule has 6 heteroatoms. The number of nitrogens with two attached hydrogens (primary N) is 1. The summed E-state index contributed by atoms with van der Waals surface area (Å²) in [6.07, 6.45) is 1.80. The Bertz CT molecular complexity index is 385. The van der Waals surface area contributed by atoms with Gasteiger partial charge >= 0.3 is 0 Å². The maximum absolute atomic E-state index is 12.5. The molecule has 0 radical (unpaired) electrons. The van der Waals surface area contributed by atoms with E-state index in [0.29, 0.717) is 13.1 Å². The second-order valence-corrected chi connectivity index (χ2v) is 6.43. The SMILES string of the molecule is CCC(C)C(N)C(=O)N1CCCN(CC(=O)N(CC)CC)CC1. The zero-order valence-electron chi connectivity index (χ0n) is 15.3. The van der Waals surface area contributed by atoms with Crippen LogP contribution in [0.25, 0.3) is 0 Å². The Morgan fingerprint density at radius 1 is 1.09 bits per heavy atom. The maximum atomic E-state index is 12.5. The number of hydrogen-bond acceptors (Lipinski definition) is 4. The van der Waals surface area contributed by atoms with Gasteiger partial charge in [-0.25, -0.2) is 0 Å². The number of carbonyl (C=O) groups excluding carboxylic acids is 2. The average Bonchev–Trinajstić information content (AvgIpc) is 2.79. The minimum absolute atomic E-state index is 0.0521. The molecule has 0 aromatic heterocycles. The Morgan fingerprint density at radius 3 is 2.30 bits per heavy atom. The van der Waals surface area contributed by atoms with Crippen LogP contribution < -0.4 is 5.73 Å². The van der Waals surface area contributed by atoms with Crippen molar-refractivity contribution in [3.63, 3.8) is 0 Å². The lowest BCUT2D eigenvalue weighted by Crippen LogP contribution is -2.48. The molecule has 1 saturated heterocycles. The third-order valence-corrected chi connectivity index (χ3v) is 4.92. The van der Waals surface area contributed by atoms with Crippen LogP contribution in [0.5, 0.6) is 0 Å². The van der Waals surface area contributed by atoms with Crippen LogP contribution in [-0.4, -0.2) is 78.4 Å². The molecule has 0 aromatic carbocycles. The first-order chi connectivity index (χ1) is 10.9. The fourth-order valence-electron chi connectivity index (χ4n) is 2.93. The first-order valence-corrected chi connectivity index (χ1v) is 8.98. The van der Waals surface area contributed by atoms with Crippen LogP contribution in [0.2, 0.25) is 0 Å². The van der Waals surface area contributed by atoms with Gasteiger partial charge in [0, 0.05) is 39.3 Å². The standard InChI is InChI=1S/C17H34N4O2/c1-5-14(4)16(18)17(23)21-10-8-9-19(11-12-21)13-15(22)20(6-2)7-3/h14,16H,5-13,18H2,1-4H3. The molecule has 2 N–H and O–H groups in total. The molecule has 1 aliphatic rings. The predicted octanol–water partition coefficient (Wildman–Crippen LogP) is 0.763. The zero-order chi connectivity index (χ0) is 17.4. The highest BCUT2D eigenvalue weighted by Gasteiger charge is 2.27. The summed E-state index contributed by atoms with van der Waals surface area (Å²) in [5.41, 5.74) is 6.08. The molecule has 0 spiro atoms. The van der Waals surface area contributed by atoms with Gasteiger partial charge in [-0.1, -0.05) is 20.3 Å². The van der Waals surface area contributed by atoms with Gasteiger partial charge in [-0.15, -0.1) is 0 Å². The molecule has 0 aromatic rings. The summed E-state index contributed by atoms with van der Waals surface area (Å²) in [5.74, 6) is 0.424. The summed E-state index contributed by atoms with van der Waals surface area (Å²) in [4.78, 5) is 30.6. The van der Waals surface area contributed by atoms with E-state index in [9.17, 15) is 9.59 Å². The molecule has 1 aliphatic heterocycles. The quantitative estimate of drug-likeness (QED) is 0.750. The van der Waals surface area contributed by atoms with Crippen LogP contribution in [0.3, 0.4) is 0 Å². The van der Waals surface area contributed by atoms with Crippen molar-refractivity contribution in [3.05, 3.63) is 0 Å². The van der Waals surface area contributed by atoms with Crippen molar-refractivity contribution in [1.29, 1.82) is 0 Å². The van der Waals surface area contributed by atoms with Gasteiger partial charge in [-0.3, -0.25) is 14.5 Å². The molecular weight excluding hydrogens is 292 g/mol. The summed E-state index contributed by atoms with van der Waals surface area (Å²) in [6.45, 7) is 13.0. The van der Waals surface area contributed by atoms with E-state index in [1.165, 1.54) is 0 Å². The molecule has 2 unspecified atom stereocenters. The monoisotopic (exact) mass is 326 g/mol. The second kappa shape index (κ2) is 9.88. The van der Waals surface area contributed by atoms with Gasteiger partial charge in [0.2, 0.25) is 11.8 Å². The van der Waals surface area contributed by atoms with Crippen LogP contribution in [0.4, 0.5) is 0 Å². The van der Waals surface area contributed by atoms with Gasteiger partial charge < -0.3 is 15.5 Å².